The van der Waals surface area contributed by atoms with E-state index in [0.29, 0.717) is 17.2 Å². The van der Waals surface area contributed by atoms with E-state index in [4.69, 9.17) is 9.47 Å². The number of amides is 1. The highest BCUT2D eigenvalue weighted by molar-refractivity contribution is 5.95. The van der Waals surface area contributed by atoms with Gasteiger partial charge < -0.3 is 9.47 Å². The molecule has 6 nitrogen and oxygen atoms in total. The zero-order valence-electron chi connectivity index (χ0n) is 12.6. The van der Waals surface area contributed by atoms with Gasteiger partial charge in [0.15, 0.2) is 11.5 Å². The number of para-hydroxylation sites is 1. The Hall–Kier alpha value is -3.41. The van der Waals surface area contributed by atoms with Gasteiger partial charge >= 0.3 is 0 Å². The maximum atomic E-state index is 12.1. The first-order valence-electron chi connectivity index (χ1n) is 7.38. The summed E-state index contributed by atoms with van der Waals surface area (Å²) in [6, 6.07) is 16.6. The standard InChI is InChI=1S/C18H13N3O3/c22-18(15-7-6-13-3-1-2-4-14(13)20-15)21-19-10-12-5-8-16-17(9-12)24-11-23-16/h1-10H,11H2,(H,21,22). The minimum atomic E-state index is -0.363. The molecule has 118 valence electrons. The summed E-state index contributed by atoms with van der Waals surface area (Å²) in [7, 11) is 0. The van der Waals surface area contributed by atoms with Crippen LogP contribution in [0.1, 0.15) is 16.1 Å². The van der Waals surface area contributed by atoms with Crippen LogP contribution >= 0.6 is 0 Å². The number of carbonyl (C=O) groups excluding carboxylic acids is 1. The van der Waals surface area contributed by atoms with Crippen LogP contribution in [0.5, 0.6) is 11.5 Å². The molecule has 1 aromatic heterocycles. The fourth-order valence-electron chi connectivity index (χ4n) is 2.41. The van der Waals surface area contributed by atoms with Gasteiger partial charge in [-0.1, -0.05) is 24.3 Å². The Balaban J connectivity index is 1.47. The van der Waals surface area contributed by atoms with Gasteiger partial charge in [-0.3, -0.25) is 4.79 Å². The molecule has 0 radical (unpaired) electrons. The molecule has 24 heavy (non-hydrogen) atoms. The Morgan fingerprint density at radius 2 is 1.96 bits per heavy atom. The molecular formula is C18H13N3O3. The van der Waals surface area contributed by atoms with Gasteiger partial charge in [0.1, 0.15) is 5.69 Å². The summed E-state index contributed by atoms with van der Waals surface area (Å²) >= 11 is 0. The van der Waals surface area contributed by atoms with Crippen LogP contribution in [0.25, 0.3) is 10.9 Å². The Morgan fingerprint density at radius 1 is 1.08 bits per heavy atom. The molecule has 0 fully saturated rings. The minimum absolute atomic E-state index is 0.223. The molecule has 0 atom stereocenters. The Bertz CT molecular complexity index is 953. The Morgan fingerprint density at radius 3 is 2.92 bits per heavy atom. The Kier molecular flexibility index (Phi) is 3.55. The van der Waals surface area contributed by atoms with E-state index in [0.717, 1.165) is 16.5 Å². The van der Waals surface area contributed by atoms with Crippen molar-refractivity contribution in [2.24, 2.45) is 5.10 Å². The van der Waals surface area contributed by atoms with Crippen molar-refractivity contribution in [3.05, 3.63) is 65.9 Å². The summed E-state index contributed by atoms with van der Waals surface area (Å²) in [5.74, 6) is 1.01. The number of benzene rings is 2. The number of hydrogen-bond donors (Lipinski definition) is 1. The predicted molar refractivity (Wildman–Crippen MR) is 89.4 cm³/mol. The van der Waals surface area contributed by atoms with Gasteiger partial charge in [-0.25, -0.2) is 10.4 Å². The molecule has 0 saturated carbocycles. The largest absolute Gasteiger partial charge is 0.454 e. The lowest BCUT2D eigenvalue weighted by molar-refractivity contribution is 0.0950. The van der Waals surface area contributed by atoms with E-state index in [1.165, 1.54) is 0 Å². The minimum Gasteiger partial charge on any atom is -0.454 e. The van der Waals surface area contributed by atoms with E-state index in [-0.39, 0.29) is 12.7 Å². The summed E-state index contributed by atoms with van der Waals surface area (Å²) in [5, 5.41) is 4.95. The summed E-state index contributed by atoms with van der Waals surface area (Å²) in [4.78, 5) is 16.5. The zero-order valence-corrected chi connectivity index (χ0v) is 12.6. The number of aromatic nitrogens is 1. The highest BCUT2D eigenvalue weighted by Gasteiger charge is 2.12. The molecule has 2 heterocycles. The maximum Gasteiger partial charge on any atom is 0.289 e. The van der Waals surface area contributed by atoms with Gasteiger partial charge in [-0.15, -0.1) is 0 Å². The van der Waals surface area contributed by atoms with Gasteiger partial charge in [0.05, 0.1) is 11.7 Å². The number of ether oxygens (including phenoxy) is 2. The summed E-state index contributed by atoms with van der Waals surface area (Å²) in [6.45, 7) is 0.223. The fourth-order valence-corrected chi connectivity index (χ4v) is 2.41. The molecule has 0 bridgehead atoms. The first-order chi connectivity index (χ1) is 11.8. The average Bonchev–Trinajstić information content (AvgIpc) is 3.09. The van der Waals surface area contributed by atoms with E-state index in [9.17, 15) is 4.79 Å². The molecule has 6 heteroatoms. The van der Waals surface area contributed by atoms with Crippen molar-refractivity contribution >= 4 is 23.0 Å². The number of hydrazone groups is 1. The topological polar surface area (TPSA) is 72.8 Å². The molecule has 0 unspecified atom stereocenters. The van der Waals surface area contributed by atoms with Gasteiger partial charge in [0, 0.05) is 5.39 Å². The highest BCUT2D eigenvalue weighted by Crippen LogP contribution is 2.31. The van der Waals surface area contributed by atoms with Crippen molar-refractivity contribution in [1.82, 2.24) is 10.4 Å². The van der Waals surface area contributed by atoms with Crippen LogP contribution in [-0.2, 0) is 0 Å². The lowest BCUT2D eigenvalue weighted by atomic mass is 10.2. The molecule has 3 aromatic rings. The van der Waals surface area contributed by atoms with Crippen molar-refractivity contribution in [3.63, 3.8) is 0 Å². The first kappa shape index (κ1) is 14.2. The Labute approximate surface area is 137 Å². The third-order valence-corrected chi connectivity index (χ3v) is 3.61. The van der Waals surface area contributed by atoms with E-state index in [1.807, 2.05) is 36.4 Å². The van der Waals surface area contributed by atoms with Gasteiger partial charge in [-0.2, -0.15) is 5.10 Å². The number of pyridine rings is 1. The van der Waals surface area contributed by atoms with Crippen LogP contribution in [0.4, 0.5) is 0 Å². The monoisotopic (exact) mass is 319 g/mol. The van der Waals surface area contributed by atoms with Crippen molar-refractivity contribution in [2.75, 3.05) is 6.79 Å². The molecule has 0 spiro atoms. The molecule has 1 amide bonds. The van der Waals surface area contributed by atoms with Crippen LogP contribution in [0.3, 0.4) is 0 Å². The van der Waals surface area contributed by atoms with Crippen LogP contribution in [0, 0.1) is 0 Å². The smallest absolute Gasteiger partial charge is 0.289 e. The van der Waals surface area contributed by atoms with Crippen LogP contribution in [0.2, 0.25) is 0 Å². The normalized spacial score (nSPS) is 12.7. The van der Waals surface area contributed by atoms with Gasteiger partial charge in [0.25, 0.3) is 5.91 Å². The van der Waals surface area contributed by atoms with Gasteiger partial charge in [-0.05, 0) is 35.9 Å². The second-order valence-corrected chi connectivity index (χ2v) is 5.20. The molecule has 2 aromatic carbocycles. The van der Waals surface area contributed by atoms with Crippen molar-refractivity contribution in [2.45, 2.75) is 0 Å². The lowest BCUT2D eigenvalue weighted by Crippen LogP contribution is -2.18. The second kappa shape index (κ2) is 6.00. The number of nitrogens with zero attached hydrogens (tertiary/aromatic N) is 2. The molecule has 1 aliphatic heterocycles. The van der Waals surface area contributed by atoms with Crippen molar-refractivity contribution in [1.29, 1.82) is 0 Å². The van der Waals surface area contributed by atoms with Crippen LogP contribution in [-0.4, -0.2) is 23.9 Å². The maximum absolute atomic E-state index is 12.1. The summed E-state index contributed by atoms with van der Waals surface area (Å²) < 4.78 is 10.5. The SMILES string of the molecule is O=C(NN=Cc1ccc2c(c1)OCO2)c1ccc2ccccc2n1. The first-order valence-corrected chi connectivity index (χ1v) is 7.38. The quantitative estimate of drug-likeness (QED) is 0.595. The molecule has 4 rings (SSSR count). The number of fused-ring (bicyclic) bond motifs is 2. The lowest BCUT2D eigenvalue weighted by Gasteiger charge is -2.02. The number of rotatable bonds is 3. The molecular weight excluding hydrogens is 306 g/mol. The molecule has 0 saturated heterocycles. The third kappa shape index (κ3) is 2.77. The zero-order chi connectivity index (χ0) is 16.4. The van der Waals surface area contributed by atoms with Gasteiger partial charge in [0.2, 0.25) is 6.79 Å². The van der Waals surface area contributed by atoms with E-state index in [1.54, 1.807) is 24.4 Å². The molecule has 1 N–H and O–H groups in total. The molecule has 1 aliphatic rings. The van der Waals surface area contributed by atoms with Crippen LogP contribution in [0.15, 0.2) is 59.7 Å². The number of carbonyl (C=O) groups is 1. The third-order valence-electron chi connectivity index (χ3n) is 3.61. The second-order valence-electron chi connectivity index (χ2n) is 5.20. The van der Waals surface area contributed by atoms with E-state index >= 15 is 0 Å². The highest BCUT2D eigenvalue weighted by atomic mass is 16.7. The summed E-state index contributed by atoms with van der Waals surface area (Å²) in [5.41, 5.74) is 4.36. The number of nitrogens with one attached hydrogen (secondary N) is 1. The molecule has 0 aliphatic carbocycles. The van der Waals surface area contributed by atoms with Crippen molar-refractivity contribution in [3.8, 4) is 11.5 Å². The summed E-state index contributed by atoms with van der Waals surface area (Å²) in [6.07, 6.45) is 1.54. The van der Waals surface area contributed by atoms with E-state index < -0.39 is 0 Å². The number of hydrogen-bond acceptors (Lipinski definition) is 5. The predicted octanol–water partition coefficient (Wildman–Crippen LogP) is 2.73. The fraction of sp³-hybridized carbons (Fsp3) is 0.0556. The van der Waals surface area contributed by atoms with Crippen LogP contribution < -0.4 is 14.9 Å². The van der Waals surface area contributed by atoms with Crippen molar-refractivity contribution < 1.29 is 14.3 Å². The average molecular weight is 319 g/mol. The van der Waals surface area contributed by atoms with E-state index in [2.05, 4.69) is 15.5 Å².